The van der Waals surface area contributed by atoms with Crippen molar-refractivity contribution in [3.63, 3.8) is 0 Å². The number of nitrogens with zero attached hydrogens (tertiary/aromatic N) is 3. The molecule has 0 spiro atoms. The van der Waals surface area contributed by atoms with Crippen LogP contribution in [0.15, 0.2) is 89.8 Å². The van der Waals surface area contributed by atoms with Crippen molar-refractivity contribution in [3.05, 3.63) is 101 Å². The van der Waals surface area contributed by atoms with Gasteiger partial charge in [-0.05, 0) is 60.4 Å². The Morgan fingerprint density at radius 3 is 2.39 bits per heavy atom. The fourth-order valence-corrected chi connectivity index (χ4v) is 6.01. The highest BCUT2D eigenvalue weighted by Gasteiger charge is 2.25. The second-order valence-corrected chi connectivity index (χ2v) is 10.5. The summed E-state index contributed by atoms with van der Waals surface area (Å²) in [5.74, 6) is 0. The van der Waals surface area contributed by atoms with Crippen LogP contribution in [0.2, 0.25) is 0 Å². The van der Waals surface area contributed by atoms with Gasteiger partial charge in [0, 0.05) is 28.6 Å². The van der Waals surface area contributed by atoms with Crippen molar-refractivity contribution < 1.29 is 13.3 Å². The maximum atomic E-state index is 13.8. The van der Waals surface area contributed by atoms with Gasteiger partial charge in [-0.1, -0.05) is 56.2 Å². The summed E-state index contributed by atoms with van der Waals surface area (Å²) in [4.78, 5) is 15.8. The number of nitro benzene ring substituents is 1. The van der Waals surface area contributed by atoms with E-state index in [1.807, 2.05) is 18.2 Å². The summed E-state index contributed by atoms with van der Waals surface area (Å²) in [6, 6.07) is 24.1. The van der Waals surface area contributed by atoms with Gasteiger partial charge in [-0.15, -0.1) is 0 Å². The smallest absolute Gasteiger partial charge is 0.258 e. The molecule has 0 aliphatic heterocycles. The van der Waals surface area contributed by atoms with Crippen LogP contribution in [0.1, 0.15) is 31.9 Å². The second-order valence-electron chi connectivity index (χ2n) is 8.75. The zero-order valence-corrected chi connectivity index (χ0v) is 20.6. The van der Waals surface area contributed by atoms with E-state index in [9.17, 15) is 18.5 Å². The topological polar surface area (TPSA) is 95.1 Å². The van der Waals surface area contributed by atoms with Crippen LogP contribution < -0.4 is 0 Å². The van der Waals surface area contributed by atoms with E-state index in [2.05, 4.69) is 6.92 Å². The molecule has 0 fully saturated rings. The number of benzene rings is 3. The molecule has 3 aromatic carbocycles. The lowest BCUT2D eigenvalue weighted by molar-refractivity contribution is -0.384. The fourth-order valence-electron chi connectivity index (χ4n) is 4.51. The Hall–Kier alpha value is -4.04. The Morgan fingerprint density at radius 2 is 1.64 bits per heavy atom. The van der Waals surface area contributed by atoms with Gasteiger partial charge in [0.2, 0.25) is 0 Å². The lowest BCUT2D eigenvalue weighted by Crippen LogP contribution is -2.13. The van der Waals surface area contributed by atoms with E-state index in [1.165, 1.54) is 16.1 Å². The lowest BCUT2D eigenvalue weighted by atomic mass is 10.0. The van der Waals surface area contributed by atoms with E-state index in [1.54, 1.807) is 54.6 Å². The third kappa shape index (κ3) is 4.24. The predicted molar refractivity (Wildman–Crippen MR) is 142 cm³/mol. The number of rotatable bonds is 8. The van der Waals surface area contributed by atoms with Gasteiger partial charge in [-0.2, -0.15) is 0 Å². The third-order valence-electron chi connectivity index (χ3n) is 6.34. The summed E-state index contributed by atoms with van der Waals surface area (Å²) in [6.07, 6.45) is 3.93. The number of hydrogen-bond donors (Lipinski definition) is 0. The van der Waals surface area contributed by atoms with Crippen LogP contribution in [0.5, 0.6) is 0 Å². The largest absolute Gasteiger partial charge is 0.270 e. The first-order valence-corrected chi connectivity index (χ1v) is 13.3. The minimum absolute atomic E-state index is 0.0000632. The summed E-state index contributed by atoms with van der Waals surface area (Å²) in [5, 5.41) is 12.7. The van der Waals surface area contributed by atoms with Crippen molar-refractivity contribution in [2.75, 3.05) is 0 Å². The molecule has 7 nitrogen and oxygen atoms in total. The van der Waals surface area contributed by atoms with Gasteiger partial charge in [0.05, 0.1) is 15.3 Å². The minimum atomic E-state index is -3.92. The molecule has 2 heterocycles. The summed E-state index contributed by atoms with van der Waals surface area (Å²) < 4.78 is 29.0. The lowest BCUT2D eigenvalue weighted by Gasteiger charge is -2.10. The van der Waals surface area contributed by atoms with Gasteiger partial charge >= 0.3 is 0 Å². The summed E-state index contributed by atoms with van der Waals surface area (Å²) >= 11 is 0. The van der Waals surface area contributed by atoms with E-state index >= 15 is 0 Å². The zero-order valence-electron chi connectivity index (χ0n) is 19.8. The predicted octanol–water partition coefficient (Wildman–Crippen LogP) is 6.73. The molecule has 0 unspecified atom stereocenters. The monoisotopic (exact) mass is 499 g/mol. The molecule has 0 radical (unpaired) electrons. The average Bonchev–Trinajstić information content (AvgIpc) is 3.23. The van der Waals surface area contributed by atoms with E-state index in [0.717, 1.165) is 47.7 Å². The van der Waals surface area contributed by atoms with Crippen molar-refractivity contribution in [1.82, 2.24) is 8.96 Å². The summed E-state index contributed by atoms with van der Waals surface area (Å²) in [5.41, 5.74) is 3.19. The molecule has 182 valence electrons. The molecule has 0 aliphatic rings. The van der Waals surface area contributed by atoms with Gasteiger partial charge in [0.15, 0.2) is 5.65 Å². The van der Waals surface area contributed by atoms with Crippen LogP contribution in [0, 0.1) is 10.1 Å². The highest BCUT2D eigenvalue weighted by molar-refractivity contribution is 7.90. The quantitative estimate of drug-likeness (QED) is 0.134. The van der Waals surface area contributed by atoms with Crippen molar-refractivity contribution in [2.24, 2.45) is 0 Å². The number of nitro groups is 1. The zero-order chi connectivity index (χ0) is 25.3. The van der Waals surface area contributed by atoms with Crippen molar-refractivity contribution in [1.29, 1.82) is 0 Å². The summed E-state index contributed by atoms with van der Waals surface area (Å²) in [7, 11) is -3.92. The molecular weight excluding hydrogens is 474 g/mol. The van der Waals surface area contributed by atoms with E-state index in [-0.39, 0.29) is 10.6 Å². The molecular formula is C28H25N3O4S. The fraction of sp³-hybridized carbons (Fsp3) is 0.179. The highest BCUT2D eigenvalue weighted by atomic mass is 32.2. The minimum Gasteiger partial charge on any atom is -0.258 e. The van der Waals surface area contributed by atoms with Crippen molar-refractivity contribution in [2.45, 2.75) is 37.5 Å². The van der Waals surface area contributed by atoms with Gasteiger partial charge in [-0.25, -0.2) is 17.4 Å². The molecule has 0 saturated carbocycles. The molecule has 36 heavy (non-hydrogen) atoms. The third-order valence-corrected chi connectivity index (χ3v) is 8.06. The van der Waals surface area contributed by atoms with Crippen LogP contribution in [0.25, 0.3) is 33.1 Å². The van der Waals surface area contributed by atoms with E-state index in [0.29, 0.717) is 16.7 Å². The number of pyridine rings is 1. The first-order valence-electron chi connectivity index (χ1n) is 11.9. The van der Waals surface area contributed by atoms with Crippen LogP contribution in [-0.4, -0.2) is 22.3 Å². The number of fused-ring (bicyclic) bond motifs is 3. The molecule has 0 bridgehead atoms. The molecule has 8 heteroatoms. The van der Waals surface area contributed by atoms with Gasteiger partial charge in [-0.3, -0.25) is 10.1 Å². The molecule has 0 amide bonds. The molecule has 0 N–H and O–H groups in total. The Bertz CT molecular complexity index is 1690. The Balaban J connectivity index is 1.75. The number of non-ortho nitro benzene ring substituents is 1. The van der Waals surface area contributed by atoms with Crippen LogP contribution in [0.4, 0.5) is 5.69 Å². The highest BCUT2D eigenvalue weighted by Crippen LogP contribution is 2.35. The first kappa shape index (κ1) is 23.7. The normalized spacial score (nSPS) is 11.8. The maximum absolute atomic E-state index is 13.8. The van der Waals surface area contributed by atoms with E-state index in [4.69, 9.17) is 4.98 Å². The molecule has 5 aromatic rings. The van der Waals surface area contributed by atoms with Gasteiger partial charge in [0.1, 0.15) is 0 Å². The van der Waals surface area contributed by atoms with Crippen molar-refractivity contribution in [3.8, 4) is 11.1 Å². The number of aryl methyl sites for hydroxylation is 1. The van der Waals surface area contributed by atoms with Gasteiger partial charge in [0.25, 0.3) is 15.7 Å². The van der Waals surface area contributed by atoms with E-state index < -0.39 is 14.9 Å². The molecule has 0 atom stereocenters. The van der Waals surface area contributed by atoms with Crippen molar-refractivity contribution >= 4 is 37.6 Å². The molecule has 5 rings (SSSR count). The number of aromatic nitrogens is 2. The maximum Gasteiger partial charge on any atom is 0.270 e. The SMILES string of the molecule is CCCCCc1ccc2c3cc(-c4cccc([N+](=O)[O-])c4)ccc3n(S(=O)(=O)c3ccccc3)c2n1. The average molecular weight is 500 g/mol. The van der Waals surface area contributed by atoms with Crippen LogP contribution in [-0.2, 0) is 16.4 Å². The van der Waals surface area contributed by atoms with Crippen LogP contribution >= 0.6 is 0 Å². The van der Waals surface area contributed by atoms with Crippen LogP contribution in [0.3, 0.4) is 0 Å². The summed E-state index contributed by atoms with van der Waals surface area (Å²) in [6.45, 7) is 2.14. The molecule has 0 aliphatic carbocycles. The molecule has 0 saturated heterocycles. The van der Waals surface area contributed by atoms with Gasteiger partial charge < -0.3 is 0 Å². The molecule has 2 aromatic heterocycles. The first-order chi connectivity index (χ1) is 17.4. The Kier molecular flexibility index (Phi) is 6.28. The Labute approximate surface area is 209 Å². The second kappa shape index (κ2) is 9.54. The number of unbranched alkanes of at least 4 members (excludes halogenated alkanes) is 2. The Morgan fingerprint density at radius 1 is 0.861 bits per heavy atom. The standard InChI is InChI=1S/C28H25N3O4S/c1-2-3-5-10-22-15-16-25-26-19-21(20-9-8-11-23(18-20)31(32)33)14-17-27(26)30(28(25)29-22)36(34,35)24-12-6-4-7-13-24/h4,6-9,11-19H,2-3,5,10H2,1H3. The number of hydrogen-bond acceptors (Lipinski definition) is 5.